The lowest BCUT2D eigenvalue weighted by Crippen LogP contribution is -2.36. The molecular weight excluding hydrogens is 250 g/mol. The fourth-order valence-corrected chi connectivity index (χ4v) is 1.48. The third-order valence-corrected chi connectivity index (χ3v) is 2.85. The summed E-state index contributed by atoms with van der Waals surface area (Å²) in [6.07, 6.45) is 0. The van der Waals surface area contributed by atoms with Crippen molar-refractivity contribution in [1.29, 1.82) is 0 Å². The molecule has 0 saturated carbocycles. The summed E-state index contributed by atoms with van der Waals surface area (Å²) in [5, 5.41) is 3.77. The zero-order chi connectivity index (χ0) is 13.5. The number of halogens is 1. The Morgan fingerprint density at radius 1 is 1.17 bits per heavy atom. The number of hydrogen-bond acceptors (Lipinski definition) is 3. The smallest absolute Gasteiger partial charge is 0.241 e. The van der Waals surface area contributed by atoms with Gasteiger partial charge >= 0.3 is 0 Å². The minimum absolute atomic E-state index is 0.0757. The molecule has 18 heavy (non-hydrogen) atoms. The van der Waals surface area contributed by atoms with Crippen LogP contribution in [0.15, 0.2) is 24.3 Å². The van der Waals surface area contributed by atoms with Crippen molar-refractivity contribution in [3.8, 4) is 0 Å². The van der Waals surface area contributed by atoms with E-state index in [-0.39, 0.29) is 5.91 Å². The van der Waals surface area contributed by atoms with Crippen molar-refractivity contribution in [3.05, 3.63) is 29.3 Å². The summed E-state index contributed by atoms with van der Waals surface area (Å²) in [5.41, 5.74) is 0.897. The van der Waals surface area contributed by atoms with E-state index >= 15 is 0 Å². The molecule has 1 N–H and O–H groups in total. The van der Waals surface area contributed by atoms with Crippen LogP contribution in [0.2, 0.25) is 5.02 Å². The lowest BCUT2D eigenvalue weighted by atomic mass is 10.3. The predicted molar refractivity (Wildman–Crippen MR) is 76.1 cm³/mol. The number of carbonyl (C=O) groups excluding carboxylic acids is 1. The topological polar surface area (TPSA) is 35.6 Å². The maximum absolute atomic E-state index is 11.8. The van der Waals surface area contributed by atoms with Gasteiger partial charge in [0.1, 0.15) is 0 Å². The highest BCUT2D eigenvalue weighted by molar-refractivity contribution is 6.30. The number of anilines is 1. The van der Waals surface area contributed by atoms with Gasteiger partial charge in [0.05, 0.1) is 6.54 Å². The molecule has 100 valence electrons. The Morgan fingerprint density at radius 2 is 1.78 bits per heavy atom. The number of nitrogens with zero attached hydrogens (tertiary/aromatic N) is 2. The van der Waals surface area contributed by atoms with Crippen LogP contribution < -0.4 is 5.32 Å². The highest BCUT2D eigenvalue weighted by Gasteiger charge is 2.08. The van der Waals surface area contributed by atoms with Crippen LogP contribution in [0.5, 0.6) is 0 Å². The number of amides is 1. The van der Waals surface area contributed by atoms with Crippen LogP contribution >= 0.6 is 11.6 Å². The van der Waals surface area contributed by atoms with Gasteiger partial charge in [0.15, 0.2) is 0 Å². The second-order valence-corrected chi connectivity index (χ2v) is 4.92. The highest BCUT2D eigenvalue weighted by Crippen LogP contribution is 2.12. The number of nitrogens with one attached hydrogen (secondary N) is 1. The maximum Gasteiger partial charge on any atom is 0.241 e. The van der Waals surface area contributed by atoms with Gasteiger partial charge in [0, 0.05) is 30.8 Å². The molecule has 0 radical (unpaired) electrons. The van der Waals surface area contributed by atoms with Gasteiger partial charge in [-0.2, -0.15) is 0 Å². The molecule has 1 amide bonds. The van der Waals surface area contributed by atoms with Gasteiger partial charge in [0.2, 0.25) is 5.91 Å². The SMILES string of the molecule is CN(C)CCN(C)C(=O)CNc1ccc(Cl)cc1. The van der Waals surface area contributed by atoms with Crippen molar-refractivity contribution >= 4 is 23.2 Å². The normalized spacial score (nSPS) is 10.5. The Balaban J connectivity index is 2.34. The zero-order valence-electron chi connectivity index (χ0n) is 11.1. The highest BCUT2D eigenvalue weighted by atomic mass is 35.5. The van der Waals surface area contributed by atoms with Crippen LogP contribution in [-0.2, 0) is 4.79 Å². The first-order valence-corrected chi connectivity index (χ1v) is 6.25. The number of benzene rings is 1. The summed E-state index contributed by atoms with van der Waals surface area (Å²) >= 11 is 5.79. The summed E-state index contributed by atoms with van der Waals surface area (Å²) in [6, 6.07) is 7.30. The van der Waals surface area contributed by atoms with E-state index in [1.807, 2.05) is 33.3 Å². The van der Waals surface area contributed by atoms with Crippen molar-refractivity contribution in [3.63, 3.8) is 0 Å². The van der Waals surface area contributed by atoms with Crippen molar-refractivity contribution in [2.75, 3.05) is 46.1 Å². The molecule has 1 rings (SSSR count). The maximum atomic E-state index is 11.8. The van der Waals surface area contributed by atoms with Gasteiger partial charge in [-0.25, -0.2) is 0 Å². The van der Waals surface area contributed by atoms with Crippen LogP contribution in [0.4, 0.5) is 5.69 Å². The van der Waals surface area contributed by atoms with E-state index < -0.39 is 0 Å². The number of likely N-dealkylation sites (N-methyl/N-ethyl adjacent to an activating group) is 2. The van der Waals surface area contributed by atoms with E-state index in [9.17, 15) is 4.79 Å². The molecule has 5 heteroatoms. The summed E-state index contributed by atoms with van der Waals surface area (Å²) < 4.78 is 0. The Labute approximate surface area is 114 Å². The summed E-state index contributed by atoms with van der Waals surface area (Å²) in [7, 11) is 5.80. The average molecular weight is 270 g/mol. The molecule has 1 aromatic rings. The van der Waals surface area contributed by atoms with Gasteiger partial charge in [-0.15, -0.1) is 0 Å². The predicted octanol–water partition coefficient (Wildman–Crippen LogP) is 1.77. The Morgan fingerprint density at radius 3 is 2.33 bits per heavy atom. The minimum Gasteiger partial charge on any atom is -0.376 e. The first-order chi connectivity index (χ1) is 8.49. The first-order valence-electron chi connectivity index (χ1n) is 5.87. The molecule has 0 aliphatic rings. The van der Waals surface area contributed by atoms with Gasteiger partial charge in [-0.3, -0.25) is 4.79 Å². The number of carbonyl (C=O) groups is 1. The molecule has 0 saturated heterocycles. The van der Waals surface area contributed by atoms with E-state index in [0.717, 1.165) is 18.8 Å². The van der Waals surface area contributed by atoms with Crippen LogP contribution in [0, 0.1) is 0 Å². The molecule has 0 fully saturated rings. The summed E-state index contributed by atoms with van der Waals surface area (Å²) in [5.74, 6) is 0.0757. The van der Waals surface area contributed by atoms with E-state index in [4.69, 9.17) is 11.6 Å². The molecule has 0 spiro atoms. The summed E-state index contributed by atoms with van der Waals surface area (Å²) in [4.78, 5) is 15.6. The Bertz CT molecular complexity index is 378. The van der Waals surface area contributed by atoms with Crippen molar-refractivity contribution in [2.45, 2.75) is 0 Å². The minimum atomic E-state index is 0.0757. The number of rotatable bonds is 6. The number of hydrogen-bond donors (Lipinski definition) is 1. The first kappa shape index (κ1) is 14.8. The van der Waals surface area contributed by atoms with Gasteiger partial charge in [-0.1, -0.05) is 11.6 Å². The Kier molecular flexibility index (Phi) is 5.95. The standard InChI is InChI=1S/C13H20ClN3O/c1-16(2)8-9-17(3)13(18)10-15-12-6-4-11(14)5-7-12/h4-7,15H,8-10H2,1-3H3. The third-order valence-electron chi connectivity index (χ3n) is 2.60. The molecule has 1 aromatic carbocycles. The summed E-state index contributed by atoms with van der Waals surface area (Å²) in [6.45, 7) is 1.89. The quantitative estimate of drug-likeness (QED) is 0.855. The molecule has 0 unspecified atom stereocenters. The van der Waals surface area contributed by atoms with Crippen molar-refractivity contribution < 1.29 is 4.79 Å². The third kappa shape index (κ3) is 5.38. The van der Waals surface area contributed by atoms with Gasteiger partial charge in [-0.05, 0) is 38.4 Å². The molecule has 0 aromatic heterocycles. The van der Waals surface area contributed by atoms with Crippen LogP contribution in [-0.4, -0.2) is 56.5 Å². The molecule has 0 heterocycles. The fourth-order valence-electron chi connectivity index (χ4n) is 1.36. The second-order valence-electron chi connectivity index (χ2n) is 4.48. The Hall–Kier alpha value is -1.26. The van der Waals surface area contributed by atoms with E-state index in [1.54, 1.807) is 17.0 Å². The molecule has 0 bridgehead atoms. The van der Waals surface area contributed by atoms with Gasteiger partial charge < -0.3 is 15.1 Å². The molecule has 0 aliphatic heterocycles. The largest absolute Gasteiger partial charge is 0.376 e. The van der Waals surface area contributed by atoms with Gasteiger partial charge in [0.25, 0.3) is 0 Å². The van der Waals surface area contributed by atoms with E-state index in [2.05, 4.69) is 10.2 Å². The molecule has 0 aliphatic carbocycles. The average Bonchev–Trinajstić information content (AvgIpc) is 2.34. The van der Waals surface area contributed by atoms with Crippen LogP contribution in [0.25, 0.3) is 0 Å². The van der Waals surface area contributed by atoms with Crippen molar-refractivity contribution in [1.82, 2.24) is 9.80 Å². The van der Waals surface area contributed by atoms with E-state index in [0.29, 0.717) is 11.6 Å². The molecular formula is C13H20ClN3O. The van der Waals surface area contributed by atoms with Crippen molar-refractivity contribution in [2.24, 2.45) is 0 Å². The second kappa shape index (κ2) is 7.24. The fraction of sp³-hybridized carbons (Fsp3) is 0.462. The zero-order valence-corrected chi connectivity index (χ0v) is 11.9. The monoisotopic (exact) mass is 269 g/mol. The van der Waals surface area contributed by atoms with Crippen LogP contribution in [0.3, 0.4) is 0 Å². The lowest BCUT2D eigenvalue weighted by Gasteiger charge is -2.20. The van der Waals surface area contributed by atoms with E-state index in [1.165, 1.54) is 0 Å². The lowest BCUT2D eigenvalue weighted by molar-refractivity contribution is -0.128. The molecule has 4 nitrogen and oxygen atoms in total. The van der Waals surface area contributed by atoms with Crippen LogP contribution in [0.1, 0.15) is 0 Å². The molecule has 0 atom stereocenters.